The van der Waals surface area contributed by atoms with Crippen molar-refractivity contribution in [1.82, 2.24) is 4.98 Å². The number of nitrogens with one attached hydrogen (secondary N) is 1. The van der Waals surface area contributed by atoms with Gasteiger partial charge in [-0.3, -0.25) is 0 Å². The van der Waals surface area contributed by atoms with Crippen LogP contribution in [0.2, 0.25) is 0 Å². The van der Waals surface area contributed by atoms with Crippen molar-refractivity contribution < 1.29 is 0 Å². The van der Waals surface area contributed by atoms with Gasteiger partial charge in [-0.2, -0.15) is 5.26 Å². The molecule has 0 unspecified atom stereocenters. The number of aromatic nitrogens is 1. The van der Waals surface area contributed by atoms with E-state index in [-0.39, 0.29) is 0 Å². The van der Waals surface area contributed by atoms with Crippen LogP contribution in [0.3, 0.4) is 0 Å². The molecule has 0 amide bonds. The van der Waals surface area contributed by atoms with Crippen LogP contribution in [0.4, 0.5) is 5.69 Å². The Labute approximate surface area is 123 Å². The van der Waals surface area contributed by atoms with Crippen molar-refractivity contribution in [3.63, 3.8) is 0 Å². The van der Waals surface area contributed by atoms with Crippen molar-refractivity contribution in [2.24, 2.45) is 0 Å². The fourth-order valence-corrected chi connectivity index (χ4v) is 3.41. The molecule has 1 aromatic carbocycles. The summed E-state index contributed by atoms with van der Waals surface area (Å²) in [6, 6.07) is 10.9. The summed E-state index contributed by atoms with van der Waals surface area (Å²) in [6.07, 6.45) is 6.90. The maximum atomic E-state index is 9.52. The number of nitriles is 1. The van der Waals surface area contributed by atoms with Gasteiger partial charge in [0.05, 0.1) is 11.2 Å². The van der Waals surface area contributed by atoms with Crippen LogP contribution in [0.25, 0.3) is 10.9 Å². The van der Waals surface area contributed by atoms with Crippen LogP contribution < -0.4 is 5.32 Å². The Morgan fingerprint density at radius 2 is 2.05 bits per heavy atom. The molecule has 0 radical (unpaired) electrons. The molecule has 4 heteroatoms. The second-order valence-corrected chi connectivity index (χ2v) is 5.92. The van der Waals surface area contributed by atoms with Crippen molar-refractivity contribution in [2.45, 2.75) is 36.8 Å². The first-order valence-electron chi connectivity index (χ1n) is 6.97. The molecule has 20 heavy (non-hydrogen) atoms. The van der Waals surface area contributed by atoms with E-state index in [9.17, 15) is 5.26 Å². The Morgan fingerprint density at radius 1 is 1.30 bits per heavy atom. The van der Waals surface area contributed by atoms with Gasteiger partial charge in [-0.1, -0.05) is 31.0 Å². The van der Waals surface area contributed by atoms with Crippen LogP contribution in [0.15, 0.2) is 29.3 Å². The molecule has 1 saturated carbocycles. The van der Waals surface area contributed by atoms with Gasteiger partial charge in [0.25, 0.3) is 0 Å². The van der Waals surface area contributed by atoms with Gasteiger partial charge in [0.1, 0.15) is 16.7 Å². The zero-order chi connectivity index (χ0) is 13.9. The number of para-hydroxylation sites is 1. The van der Waals surface area contributed by atoms with Crippen molar-refractivity contribution in [1.29, 1.82) is 5.26 Å². The van der Waals surface area contributed by atoms with Gasteiger partial charge in [0.2, 0.25) is 0 Å². The smallest absolute Gasteiger partial charge is 0.116 e. The molecule has 2 aromatic rings. The molecule has 0 bridgehead atoms. The third kappa shape index (κ3) is 2.34. The zero-order valence-corrected chi connectivity index (χ0v) is 12.3. The monoisotopic (exact) mass is 283 g/mol. The van der Waals surface area contributed by atoms with E-state index in [1.165, 1.54) is 37.4 Å². The Balaban J connectivity index is 2.16. The molecule has 3 nitrogen and oxygen atoms in total. The van der Waals surface area contributed by atoms with E-state index in [0.717, 1.165) is 21.6 Å². The lowest BCUT2D eigenvalue weighted by atomic mass is 10.1. The third-order valence-corrected chi connectivity index (χ3v) is 4.55. The molecule has 1 aliphatic carbocycles. The molecule has 0 spiro atoms. The van der Waals surface area contributed by atoms with E-state index in [1.807, 2.05) is 30.5 Å². The lowest BCUT2D eigenvalue weighted by Gasteiger charge is -2.18. The number of benzene rings is 1. The van der Waals surface area contributed by atoms with Gasteiger partial charge in [-0.25, -0.2) is 4.98 Å². The average molecular weight is 283 g/mol. The molecule has 3 rings (SSSR count). The molecule has 1 heterocycles. The molecule has 0 atom stereocenters. The van der Waals surface area contributed by atoms with Crippen molar-refractivity contribution in [2.75, 3.05) is 11.6 Å². The number of hydrogen-bond donors (Lipinski definition) is 1. The summed E-state index contributed by atoms with van der Waals surface area (Å²) in [5, 5.41) is 15.0. The molecule has 1 fully saturated rings. The lowest BCUT2D eigenvalue weighted by Crippen LogP contribution is -2.16. The van der Waals surface area contributed by atoms with Gasteiger partial charge < -0.3 is 5.32 Å². The first-order chi connectivity index (χ1) is 9.83. The fourth-order valence-electron chi connectivity index (χ4n) is 2.87. The number of rotatable bonds is 3. The highest BCUT2D eigenvalue weighted by Gasteiger charge is 2.20. The van der Waals surface area contributed by atoms with Crippen molar-refractivity contribution >= 4 is 28.4 Å². The molecular formula is C16H17N3S. The normalized spacial score (nSPS) is 15.4. The predicted octanol–water partition coefficient (Wildman–Crippen LogP) is 4.18. The van der Waals surface area contributed by atoms with Gasteiger partial charge in [0.15, 0.2) is 0 Å². The summed E-state index contributed by atoms with van der Waals surface area (Å²) in [6.45, 7) is 0. The SMILES string of the molecule is CSc1nc2ccccc2c(NC2CCCC2)c1C#N. The first-order valence-corrected chi connectivity index (χ1v) is 8.19. The summed E-state index contributed by atoms with van der Waals surface area (Å²) in [7, 11) is 0. The van der Waals surface area contributed by atoms with Crippen LogP contribution in [-0.4, -0.2) is 17.3 Å². The largest absolute Gasteiger partial charge is 0.381 e. The highest BCUT2D eigenvalue weighted by atomic mass is 32.2. The average Bonchev–Trinajstić information content (AvgIpc) is 2.99. The number of pyridine rings is 1. The minimum absolute atomic E-state index is 0.489. The molecule has 1 aromatic heterocycles. The summed E-state index contributed by atoms with van der Waals surface area (Å²) < 4.78 is 0. The first kappa shape index (κ1) is 13.3. The zero-order valence-electron chi connectivity index (χ0n) is 11.5. The number of fused-ring (bicyclic) bond motifs is 1. The maximum absolute atomic E-state index is 9.52. The minimum atomic E-state index is 0.489. The molecular weight excluding hydrogens is 266 g/mol. The van der Waals surface area contributed by atoms with Crippen LogP contribution in [0, 0.1) is 11.3 Å². The highest BCUT2D eigenvalue weighted by Crippen LogP contribution is 2.34. The van der Waals surface area contributed by atoms with E-state index in [1.54, 1.807) is 0 Å². The lowest BCUT2D eigenvalue weighted by molar-refractivity contribution is 0.755. The predicted molar refractivity (Wildman–Crippen MR) is 84.1 cm³/mol. The standard InChI is InChI=1S/C16H17N3S/c1-20-16-13(10-17)15(18-11-6-2-3-7-11)12-8-4-5-9-14(12)19-16/h4-5,8-9,11H,2-3,6-7H2,1H3,(H,18,19). The third-order valence-electron chi connectivity index (χ3n) is 3.87. The van der Waals surface area contributed by atoms with E-state index >= 15 is 0 Å². The van der Waals surface area contributed by atoms with Crippen LogP contribution >= 0.6 is 11.8 Å². The van der Waals surface area contributed by atoms with Gasteiger partial charge in [0, 0.05) is 11.4 Å². The van der Waals surface area contributed by atoms with Crippen molar-refractivity contribution in [3.05, 3.63) is 29.8 Å². The summed E-state index contributed by atoms with van der Waals surface area (Å²) >= 11 is 1.53. The minimum Gasteiger partial charge on any atom is -0.381 e. The summed E-state index contributed by atoms with van der Waals surface area (Å²) in [4.78, 5) is 4.60. The maximum Gasteiger partial charge on any atom is 0.116 e. The summed E-state index contributed by atoms with van der Waals surface area (Å²) in [5.41, 5.74) is 2.61. The molecule has 1 N–H and O–H groups in total. The number of anilines is 1. The van der Waals surface area contributed by atoms with Crippen LogP contribution in [0.5, 0.6) is 0 Å². The fraction of sp³-hybridized carbons (Fsp3) is 0.375. The van der Waals surface area contributed by atoms with Crippen LogP contribution in [-0.2, 0) is 0 Å². The Bertz CT molecular complexity index is 669. The molecule has 0 aliphatic heterocycles. The van der Waals surface area contributed by atoms with Gasteiger partial charge in [-0.15, -0.1) is 11.8 Å². The summed E-state index contributed by atoms with van der Waals surface area (Å²) in [5.74, 6) is 0. The van der Waals surface area contributed by atoms with E-state index in [2.05, 4.69) is 16.4 Å². The Morgan fingerprint density at radius 3 is 2.75 bits per heavy atom. The van der Waals surface area contributed by atoms with E-state index in [0.29, 0.717) is 11.6 Å². The van der Waals surface area contributed by atoms with Crippen LogP contribution in [0.1, 0.15) is 31.2 Å². The molecule has 1 aliphatic rings. The quantitative estimate of drug-likeness (QED) is 0.858. The van der Waals surface area contributed by atoms with Gasteiger partial charge in [-0.05, 0) is 25.2 Å². The highest BCUT2D eigenvalue weighted by molar-refractivity contribution is 7.98. The van der Waals surface area contributed by atoms with E-state index in [4.69, 9.17) is 0 Å². The Kier molecular flexibility index (Phi) is 3.79. The molecule has 102 valence electrons. The van der Waals surface area contributed by atoms with Crippen molar-refractivity contribution in [3.8, 4) is 6.07 Å². The second-order valence-electron chi connectivity index (χ2n) is 5.13. The number of hydrogen-bond acceptors (Lipinski definition) is 4. The molecule has 0 saturated heterocycles. The topological polar surface area (TPSA) is 48.7 Å². The van der Waals surface area contributed by atoms with E-state index < -0.39 is 0 Å². The number of thioether (sulfide) groups is 1. The van der Waals surface area contributed by atoms with Gasteiger partial charge >= 0.3 is 0 Å². The number of nitrogens with zero attached hydrogens (tertiary/aromatic N) is 2. The Hall–Kier alpha value is -1.73. The second kappa shape index (κ2) is 5.72.